The highest BCUT2D eigenvalue weighted by atomic mass is 19.1. The molecule has 0 spiro atoms. The third-order valence-corrected chi connectivity index (χ3v) is 2.88. The Labute approximate surface area is 88.4 Å². The van der Waals surface area contributed by atoms with Crippen molar-refractivity contribution in [1.82, 2.24) is 9.55 Å². The molecular weight excluding hydrogens is 191 g/mol. The van der Waals surface area contributed by atoms with Gasteiger partial charge in [-0.1, -0.05) is 6.07 Å². The summed E-state index contributed by atoms with van der Waals surface area (Å²) >= 11 is 0. The molecule has 0 saturated heterocycles. The summed E-state index contributed by atoms with van der Waals surface area (Å²) in [7, 11) is 0. The number of benzene rings is 1. The Balaban J connectivity index is 2.65. The van der Waals surface area contributed by atoms with Crippen LogP contribution in [0, 0.1) is 26.8 Å². The second-order valence-corrected chi connectivity index (χ2v) is 3.72. The van der Waals surface area contributed by atoms with Gasteiger partial charge >= 0.3 is 0 Å². The fourth-order valence-electron chi connectivity index (χ4n) is 1.67. The topological polar surface area (TPSA) is 17.8 Å². The van der Waals surface area contributed by atoms with Gasteiger partial charge in [0.15, 0.2) is 0 Å². The van der Waals surface area contributed by atoms with Crippen LogP contribution in [0.5, 0.6) is 0 Å². The maximum atomic E-state index is 13.3. The predicted octanol–water partition coefficient (Wildman–Crippen LogP) is 2.94. The largest absolute Gasteiger partial charge is 0.293 e. The van der Waals surface area contributed by atoms with Gasteiger partial charge in [0.1, 0.15) is 0 Å². The quantitative estimate of drug-likeness (QED) is 0.698. The van der Waals surface area contributed by atoms with Crippen LogP contribution < -0.4 is 0 Å². The number of aromatic nitrogens is 2. The molecule has 0 radical (unpaired) electrons. The van der Waals surface area contributed by atoms with E-state index >= 15 is 0 Å². The smallest absolute Gasteiger partial charge is 0.276 e. The lowest BCUT2D eigenvalue weighted by Gasteiger charge is -2.11. The summed E-state index contributed by atoms with van der Waals surface area (Å²) in [6.45, 7) is 6.09. The average Bonchev–Trinajstić information content (AvgIpc) is 2.62. The summed E-state index contributed by atoms with van der Waals surface area (Å²) in [5.74, 6) is 0. The Kier molecular flexibility index (Phi) is 2.31. The molecule has 0 amide bonds. The zero-order valence-electron chi connectivity index (χ0n) is 9.08. The van der Waals surface area contributed by atoms with Crippen molar-refractivity contribution in [1.29, 1.82) is 0 Å². The molecule has 0 N–H and O–H groups in total. The van der Waals surface area contributed by atoms with Crippen molar-refractivity contribution in [3.8, 4) is 5.69 Å². The summed E-state index contributed by atoms with van der Waals surface area (Å²) in [5, 5.41) is 0. The summed E-state index contributed by atoms with van der Waals surface area (Å²) in [6, 6.07) is 3.92. The van der Waals surface area contributed by atoms with E-state index < -0.39 is 6.08 Å². The normalized spacial score (nSPS) is 10.7. The average molecular weight is 204 g/mol. The molecule has 0 unspecified atom stereocenters. The number of halogens is 1. The first-order chi connectivity index (χ1) is 7.11. The molecule has 1 aromatic heterocycles. The summed E-state index contributed by atoms with van der Waals surface area (Å²) in [6.07, 6.45) is 2.62. The fourth-order valence-corrected chi connectivity index (χ4v) is 1.67. The molecule has 3 heteroatoms. The molecule has 0 aliphatic carbocycles. The van der Waals surface area contributed by atoms with Crippen LogP contribution in [-0.4, -0.2) is 9.55 Å². The Hall–Kier alpha value is -1.64. The van der Waals surface area contributed by atoms with Gasteiger partial charge in [-0.15, -0.1) is 0 Å². The van der Waals surface area contributed by atoms with Crippen LogP contribution in [0.25, 0.3) is 5.69 Å². The predicted molar refractivity (Wildman–Crippen MR) is 57.7 cm³/mol. The second kappa shape index (κ2) is 3.50. The lowest BCUT2D eigenvalue weighted by Crippen LogP contribution is -2.01. The molecule has 0 atom stereocenters. The zero-order valence-corrected chi connectivity index (χ0v) is 9.08. The summed E-state index contributed by atoms with van der Waals surface area (Å²) < 4.78 is 14.8. The maximum absolute atomic E-state index is 13.3. The van der Waals surface area contributed by atoms with Crippen molar-refractivity contribution in [2.45, 2.75) is 20.8 Å². The van der Waals surface area contributed by atoms with Crippen molar-refractivity contribution in [3.05, 3.63) is 47.3 Å². The number of aryl methyl sites for hydroxylation is 1. The first kappa shape index (κ1) is 9.90. The van der Waals surface area contributed by atoms with Gasteiger partial charge in [0.2, 0.25) is 0 Å². The van der Waals surface area contributed by atoms with Crippen molar-refractivity contribution in [3.63, 3.8) is 0 Å². The Bertz CT molecular complexity index is 500. The van der Waals surface area contributed by atoms with E-state index in [-0.39, 0.29) is 0 Å². The van der Waals surface area contributed by atoms with E-state index in [1.54, 1.807) is 6.20 Å². The molecule has 2 rings (SSSR count). The van der Waals surface area contributed by atoms with Crippen LogP contribution in [0.1, 0.15) is 16.7 Å². The third-order valence-electron chi connectivity index (χ3n) is 2.88. The number of hydrogen-bond donors (Lipinski definition) is 0. The van der Waals surface area contributed by atoms with E-state index in [2.05, 4.69) is 11.9 Å². The summed E-state index contributed by atoms with van der Waals surface area (Å²) in [5.41, 5.74) is 4.36. The monoisotopic (exact) mass is 204 g/mol. The van der Waals surface area contributed by atoms with Gasteiger partial charge in [-0.05, 0) is 43.5 Å². The van der Waals surface area contributed by atoms with Gasteiger partial charge in [-0.25, -0.2) is 4.98 Å². The molecule has 2 aromatic rings. The van der Waals surface area contributed by atoms with Crippen LogP contribution >= 0.6 is 0 Å². The fraction of sp³-hybridized carbons (Fsp3) is 0.250. The van der Waals surface area contributed by atoms with Crippen molar-refractivity contribution in [2.75, 3.05) is 0 Å². The minimum absolute atomic E-state index is 0.471. The van der Waals surface area contributed by atoms with Gasteiger partial charge in [0, 0.05) is 12.4 Å². The van der Waals surface area contributed by atoms with Gasteiger partial charge in [0.05, 0.1) is 5.69 Å². The molecule has 0 aliphatic heterocycles. The molecule has 1 heterocycles. The SMILES string of the molecule is Cc1ccc(-n2ccnc2F)c(C)c1C. The molecule has 0 aliphatic rings. The van der Waals surface area contributed by atoms with Crippen molar-refractivity contribution < 1.29 is 4.39 Å². The van der Waals surface area contributed by atoms with E-state index in [0.29, 0.717) is 0 Å². The van der Waals surface area contributed by atoms with E-state index in [1.807, 2.05) is 26.0 Å². The van der Waals surface area contributed by atoms with Crippen LogP contribution in [-0.2, 0) is 0 Å². The number of nitrogens with zero attached hydrogens (tertiary/aromatic N) is 2. The Morgan fingerprint density at radius 3 is 2.47 bits per heavy atom. The van der Waals surface area contributed by atoms with Gasteiger partial charge in [0.25, 0.3) is 6.08 Å². The van der Waals surface area contributed by atoms with E-state index in [1.165, 1.54) is 21.9 Å². The molecule has 0 saturated carbocycles. The van der Waals surface area contributed by atoms with Crippen molar-refractivity contribution >= 4 is 0 Å². The van der Waals surface area contributed by atoms with Gasteiger partial charge in [-0.2, -0.15) is 4.39 Å². The van der Waals surface area contributed by atoms with Gasteiger partial charge < -0.3 is 0 Å². The highest BCUT2D eigenvalue weighted by Gasteiger charge is 2.08. The molecule has 1 aromatic carbocycles. The standard InChI is InChI=1S/C12H13FN2/c1-8-4-5-11(10(3)9(8)2)15-7-6-14-12(15)13/h4-7H,1-3H3. The molecule has 0 bridgehead atoms. The molecule has 15 heavy (non-hydrogen) atoms. The Morgan fingerprint density at radius 2 is 1.87 bits per heavy atom. The third kappa shape index (κ3) is 1.54. The lowest BCUT2D eigenvalue weighted by molar-refractivity contribution is 0.522. The second-order valence-electron chi connectivity index (χ2n) is 3.72. The van der Waals surface area contributed by atoms with Crippen molar-refractivity contribution in [2.24, 2.45) is 0 Å². The molecule has 78 valence electrons. The number of imidazole rings is 1. The van der Waals surface area contributed by atoms with E-state index in [0.717, 1.165) is 11.3 Å². The van der Waals surface area contributed by atoms with E-state index in [9.17, 15) is 4.39 Å². The number of hydrogen-bond acceptors (Lipinski definition) is 1. The molecule has 2 nitrogen and oxygen atoms in total. The molecular formula is C12H13FN2. The summed E-state index contributed by atoms with van der Waals surface area (Å²) in [4.78, 5) is 3.58. The minimum Gasteiger partial charge on any atom is -0.276 e. The highest BCUT2D eigenvalue weighted by molar-refractivity contribution is 5.48. The van der Waals surface area contributed by atoms with Crippen LogP contribution in [0.2, 0.25) is 0 Å². The zero-order chi connectivity index (χ0) is 11.0. The highest BCUT2D eigenvalue weighted by Crippen LogP contribution is 2.21. The minimum atomic E-state index is -0.471. The lowest BCUT2D eigenvalue weighted by atomic mass is 10.0. The van der Waals surface area contributed by atoms with Gasteiger partial charge in [-0.3, -0.25) is 4.57 Å². The maximum Gasteiger partial charge on any atom is 0.293 e. The number of rotatable bonds is 1. The van der Waals surface area contributed by atoms with Crippen LogP contribution in [0.4, 0.5) is 4.39 Å². The van der Waals surface area contributed by atoms with Crippen LogP contribution in [0.15, 0.2) is 24.5 Å². The first-order valence-corrected chi connectivity index (χ1v) is 4.87. The Morgan fingerprint density at radius 1 is 1.13 bits per heavy atom. The first-order valence-electron chi connectivity index (χ1n) is 4.87. The molecule has 0 fully saturated rings. The van der Waals surface area contributed by atoms with E-state index in [4.69, 9.17) is 0 Å². The van der Waals surface area contributed by atoms with Crippen LogP contribution in [0.3, 0.4) is 0 Å².